The van der Waals surface area contributed by atoms with E-state index in [1.54, 1.807) is 9.80 Å². The first-order valence-corrected chi connectivity index (χ1v) is 9.46. The Kier molecular flexibility index (Phi) is 4.59. The van der Waals surface area contributed by atoms with E-state index >= 15 is 0 Å². The Hall–Kier alpha value is -2.83. The lowest BCUT2D eigenvalue weighted by molar-refractivity contribution is -0.146. The van der Waals surface area contributed by atoms with E-state index in [-0.39, 0.29) is 11.8 Å². The minimum absolute atomic E-state index is 0.0855. The molecule has 7 heteroatoms. The molecule has 1 saturated carbocycles. The lowest BCUT2D eigenvalue weighted by Crippen LogP contribution is -2.53. The molecule has 2 N–H and O–H groups in total. The number of benzene rings is 1. The van der Waals surface area contributed by atoms with Crippen molar-refractivity contribution in [1.82, 2.24) is 20.1 Å². The predicted octanol–water partition coefficient (Wildman–Crippen LogP) is 0.907. The molecule has 2 aromatic rings. The van der Waals surface area contributed by atoms with Gasteiger partial charge >= 0.3 is 0 Å². The number of aromatic amines is 1. The lowest BCUT2D eigenvalue weighted by atomic mass is 10.0. The highest BCUT2D eigenvalue weighted by atomic mass is 16.2. The second-order valence-electron chi connectivity index (χ2n) is 7.38. The number of rotatable bonds is 6. The zero-order valence-corrected chi connectivity index (χ0v) is 15.2. The quantitative estimate of drug-likeness (QED) is 0.587. The molecule has 0 radical (unpaired) electrons. The molecule has 7 nitrogen and oxygen atoms in total. The molecule has 1 aromatic carbocycles. The van der Waals surface area contributed by atoms with Gasteiger partial charge in [-0.2, -0.15) is 0 Å². The molecule has 4 rings (SSSR count). The number of aromatic nitrogens is 1. The van der Waals surface area contributed by atoms with Crippen LogP contribution in [-0.4, -0.2) is 65.7 Å². The summed E-state index contributed by atoms with van der Waals surface area (Å²) >= 11 is 0. The number of para-hydroxylation sites is 1. The van der Waals surface area contributed by atoms with Crippen LogP contribution in [0.15, 0.2) is 30.5 Å². The van der Waals surface area contributed by atoms with Gasteiger partial charge in [0.2, 0.25) is 18.2 Å². The molecular formula is C20H24N4O3. The van der Waals surface area contributed by atoms with Gasteiger partial charge in [-0.1, -0.05) is 18.2 Å². The summed E-state index contributed by atoms with van der Waals surface area (Å²) < 4.78 is 0. The first-order chi connectivity index (χ1) is 13.1. The van der Waals surface area contributed by atoms with Gasteiger partial charge in [0.15, 0.2) is 0 Å². The molecule has 1 saturated heterocycles. The Balaban J connectivity index is 1.32. The zero-order chi connectivity index (χ0) is 18.9. The van der Waals surface area contributed by atoms with E-state index in [9.17, 15) is 14.4 Å². The van der Waals surface area contributed by atoms with Gasteiger partial charge < -0.3 is 20.1 Å². The summed E-state index contributed by atoms with van der Waals surface area (Å²) in [5, 5.41) is 4.13. The number of nitrogens with zero attached hydrogens (tertiary/aromatic N) is 2. The van der Waals surface area contributed by atoms with Crippen LogP contribution in [0.5, 0.6) is 0 Å². The van der Waals surface area contributed by atoms with Gasteiger partial charge in [-0.25, -0.2) is 0 Å². The summed E-state index contributed by atoms with van der Waals surface area (Å²) in [6, 6.07) is 8.08. The number of carbonyl (C=O) groups excluding carboxylic acids is 3. The summed E-state index contributed by atoms with van der Waals surface area (Å²) in [4.78, 5) is 43.0. The summed E-state index contributed by atoms with van der Waals surface area (Å²) in [7, 11) is 0. The Morgan fingerprint density at radius 1 is 1.15 bits per heavy atom. The minimum atomic E-state index is -0.885. The fourth-order valence-corrected chi connectivity index (χ4v) is 3.81. The third kappa shape index (κ3) is 3.29. The maximum atomic E-state index is 12.8. The standard InChI is InChI=1S/C20H24N4O3/c25-14-23-9-11-24(12-10-23)19(27)20(6-7-20)18(26)21-8-5-15-13-22-17-4-2-1-3-16(15)17/h1-4,13-14,22H,5-12H2,(H,21,26). The van der Waals surface area contributed by atoms with Crippen LogP contribution in [0, 0.1) is 5.41 Å². The van der Waals surface area contributed by atoms with Gasteiger partial charge in [0.25, 0.3) is 0 Å². The number of piperazine rings is 1. The SMILES string of the molecule is O=CN1CCN(C(=O)C2(C(=O)NCCc3c[nH]c4ccccc34)CC2)CC1. The van der Waals surface area contributed by atoms with Crippen molar-refractivity contribution in [3.05, 3.63) is 36.0 Å². The fraction of sp³-hybridized carbons (Fsp3) is 0.450. The lowest BCUT2D eigenvalue weighted by Gasteiger charge is -2.34. The summed E-state index contributed by atoms with van der Waals surface area (Å²) in [6.07, 6.45) is 4.73. The number of nitrogens with one attached hydrogen (secondary N) is 2. The summed E-state index contributed by atoms with van der Waals surface area (Å²) in [6.45, 7) is 2.58. The van der Waals surface area contributed by atoms with Gasteiger partial charge in [-0.3, -0.25) is 14.4 Å². The number of hydrogen-bond donors (Lipinski definition) is 2. The third-order valence-electron chi connectivity index (χ3n) is 5.70. The molecule has 0 bridgehead atoms. The molecule has 0 unspecified atom stereocenters. The van der Waals surface area contributed by atoms with Crippen LogP contribution in [0.1, 0.15) is 18.4 Å². The van der Waals surface area contributed by atoms with Gasteiger partial charge in [-0.05, 0) is 30.9 Å². The molecule has 0 atom stereocenters. The molecule has 3 amide bonds. The van der Waals surface area contributed by atoms with Crippen molar-refractivity contribution in [2.45, 2.75) is 19.3 Å². The van der Waals surface area contributed by atoms with E-state index in [0.717, 1.165) is 29.3 Å². The molecule has 2 heterocycles. The predicted molar refractivity (Wildman–Crippen MR) is 101 cm³/mol. The van der Waals surface area contributed by atoms with Crippen molar-refractivity contribution in [3.63, 3.8) is 0 Å². The second kappa shape index (κ2) is 7.06. The van der Waals surface area contributed by atoms with E-state index in [1.165, 1.54) is 0 Å². The summed E-state index contributed by atoms with van der Waals surface area (Å²) in [5.41, 5.74) is 1.36. The van der Waals surface area contributed by atoms with Crippen LogP contribution >= 0.6 is 0 Å². The molecule has 2 fully saturated rings. The van der Waals surface area contributed by atoms with E-state index in [4.69, 9.17) is 0 Å². The third-order valence-corrected chi connectivity index (χ3v) is 5.70. The fourth-order valence-electron chi connectivity index (χ4n) is 3.81. The van der Waals surface area contributed by atoms with E-state index in [2.05, 4.69) is 16.4 Å². The van der Waals surface area contributed by atoms with Crippen molar-refractivity contribution in [2.75, 3.05) is 32.7 Å². The maximum Gasteiger partial charge on any atom is 0.238 e. The van der Waals surface area contributed by atoms with Crippen LogP contribution < -0.4 is 5.32 Å². The van der Waals surface area contributed by atoms with Gasteiger partial charge in [-0.15, -0.1) is 0 Å². The van der Waals surface area contributed by atoms with Gasteiger partial charge in [0.05, 0.1) is 0 Å². The second-order valence-corrected chi connectivity index (χ2v) is 7.38. The average molecular weight is 368 g/mol. The van der Waals surface area contributed by atoms with Gasteiger partial charge in [0.1, 0.15) is 5.41 Å². The van der Waals surface area contributed by atoms with Crippen LogP contribution in [0.25, 0.3) is 10.9 Å². The molecule has 27 heavy (non-hydrogen) atoms. The Morgan fingerprint density at radius 3 is 2.59 bits per heavy atom. The average Bonchev–Trinajstić information content (AvgIpc) is 3.43. The number of hydrogen-bond acceptors (Lipinski definition) is 3. The van der Waals surface area contributed by atoms with E-state index in [1.807, 2.05) is 24.4 Å². The number of amides is 3. The smallest absolute Gasteiger partial charge is 0.238 e. The highest BCUT2D eigenvalue weighted by molar-refractivity contribution is 6.07. The largest absolute Gasteiger partial charge is 0.361 e. The van der Waals surface area contributed by atoms with E-state index in [0.29, 0.717) is 45.6 Å². The Bertz CT molecular complexity index is 863. The van der Waals surface area contributed by atoms with Crippen molar-refractivity contribution < 1.29 is 14.4 Å². The highest BCUT2D eigenvalue weighted by Gasteiger charge is 2.58. The van der Waals surface area contributed by atoms with Crippen molar-refractivity contribution in [1.29, 1.82) is 0 Å². The molecular weight excluding hydrogens is 344 g/mol. The minimum Gasteiger partial charge on any atom is -0.361 e. The maximum absolute atomic E-state index is 12.8. The zero-order valence-electron chi connectivity index (χ0n) is 15.2. The van der Waals surface area contributed by atoms with Crippen molar-refractivity contribution in [3.8, 4) is 0 Å². The number of carbonyl (C=O) groups is 3. The highest BCUT2D eigenvalue weighted by Crippen LogP contribution is 2.47. The van der Waals surface area contributed by atoms with Crippen LogP contribution in [0.3, 0.4) is 0 Å². The van der Waals surface area contributed by atoms with Crippen LogP contribution in [0.4, 0.5) is 0 Å². The van der Waals surface area contributed by atoms with Crippen molar-refractivity contribution >= 4 is 29.1 Å². The van der Waals surface area contributed by atoms with Crippen LogP contribution in [0.2, 0.25) is 0 Å². The van der Waals surface area contributed by atoms with Crippen molar-refractivity contribution in [2.24, 2.45) is 5.41 Å². The summed E-state index contributed by atoms with van der Waals surface area (Å²) in [5.74, 6) is -0.247. The Labute approximate surface area is 157 Å². The molecule has 142 valence electrons. The topological polar surface area (TPSA) is 85.5 Å². The number of H-pyrrole nitrogens is 1. The Morgan fingerprint density at radius 2 is 1.89 bits per heavy atom. The van der Waals surface area contributed by atoms with E-state index < -0.39 is 5.41 Å². The molecule has 2 aliphatic rings. The molecule has 1 aliphatic carbocycles. The van der Waals surface area contributed by atoms with Crippen LogP contribution in [-0.2, 0) is 20.8 Å². The first-order valence-electron chi connectivity index (χ1n) is 9.46. The first kappa shape index (κ1) is 17.6. The molecule has 0 spiro atoms. The molecule has 1 aromatic heterocycles. The van der Waals surface area contributed by atoms with Gasteiger partial charge in [0, 0.05) is 49.8 Å². The number of fused-ring (bicyclic) bond motifs is 1. The monoisotopic (exact) mass is 368 g/mol. The molecule has 1 aliphatic heterocycles. The normalized spacial score (nSPS) is 18.4.